The van der Waals surface area contributed by atoms with Crippen molar-refractivity contribution in [1.29, 1.82) is 0 Å². The van der Waals surface area contributed by atoms with E-state index in [0.29, 0.717) is 6.42 Å². The molecule has 2 aromatic rings. The molecule has 4 rings (SSSR count). The molecule has 31 heavy (non-hydrogen) atoms. The van der Waals surface area contributed by atoms with Crippen molar-refractivity contribution >= 4 is 14.2 Å². The van der Waals surface area contributed by atoms with Crippen LogP contribution in [0.1, 0.15) is 51.3 Å². The van der Waals surface area contributed by atoms with Crippen molar-refractivity contribution in [1.82, 2.24) is 4.90 Å². The number of ether oxygens (including phenoxy) is 1. The van der Waals surface area contributed by atoms with Crippen LogP contribution in [0.5, 0.6) is 0 Å². The molecule has 2 aromatic carbocycles. The van der Waals surface area contributed by atoms with Gasteiger partial charge in [-0.1, -0.05) is 88.4 Å². The van der Waals surface area contributed by atoms with E-state index < -0.39 is 20.3 Å². The second-order valence-corrected chi connectivity index (χ2v) is 15.4. The molecule has 1 amide bonds. The number of fused-ring (bicyclic) bond motifs is 1. The first kappa shape index (κ1) is 22.2. The van der Waals surface area contributed by atoms with Crippen LogP contribution in [-0.4, -0.2) is 31.1 Å². The molecule has 166 valence electrons. The van der Waals surface area contributed by atoms with Crippen molar-refractivity contribution in [3.8, 4) is 0 Å². The molecule has 2 saturated heterocycles. The SMILES string of the molecule is C[C@@H]1CC2(O[Si](C)(C)C(C)(C)C)O[C@@H](c3ccccc3)C(=O)N2[C@H]1Cc1ccccc1. The maximum atomic E-state index is 13.8. The highest BCUT2D eigenvalue weighted by atomic mass is 28.4. The minimum absolute atomic E-state index is 0.0193. The van der Waals surface area contributed by atoms with E-state index in [1.54, 1.807) is 0 Å². The Hall–Kier alpha value is -1.95. The molecule has 4 nitrogen and oxygen atoms in total. The van der Waals surface area contributed by atoms with Crippen LogP contribution in [-0.2, 0) is 20.4 Å². The topological polar surface area (TPSA) is 38.8 Å². The zero-order valence-corrected chi connectivity index (χ0v) is 20.6. The number of carbonyl (C=O) groups is 1. The van der Waals surface area contributed by atoms with Crippen molar-refractivity contribution in [3.05, 3.63) is 71.8 Å². The third kappa shape index (κ3) is 3.99. The summed E-state index contributed by atoms with van der Waals surface area (Å²) < 4.78 is 13.6. The second kappa shape index (κ2) is 7.87. The molecule has 0 spiro atoms. The molecule has 0 aromatic heterocycles. The predicted molar refractivity (Wildman–Crippen MR) is 126 cm³/mol. The summed E-state index contributed by atoms with van der Waals surface area (Å²) in [4.78, 5) is 15.8. The van der Waals surface area contributed by atoms with Crippen LogP contribution in [0.15, 0.2) is 60.7 Å². The van der Waals surface area contributed by atoms with Crippen molar-refractivity contribution in [2.24, 2.45) is 5.92 Å². The summed E-state index contributed by atoms with van der Waals surface area (Å²) in [7, 11) is -2.20. The van der Waals surface area contributed by atoms with Gasteiger partial charge in [-0.25, -0.2) is 0 Å². The summed E-state index contributed by atoms with van der Waals surface area (Å²) in [5.41, 5.74) is 2.13. The standard InChI is InChI=1S/C26H35NO3Si/c1-19-18-26(30-31(5,6)25(2,3)4)27(22(19)17-20-13-9-7-10-14-20)24(28)23(29-26)21-15-11-8-12-16-21/h7-16,19,22-23H,17-18H2,1-6H3/t19-,22+,23+,26?/m1/s1. The fraction of sp³-hybridized carbons (Fsp3) is 0.500. The number of benzene rings is 2. The third-order valence-electron chi connectivity index (χ3n) is 7.31. The fourth-order valence-corrected chi connectivity index (χ4v) is 5.93. The van der Waals surface area contributed by atoms with E-state index in [1.165, 1.54) is 5.56 Å². The first-order valence-corrected chi connectivity index (χ1v) is 14.2. The monoisotopic (exact) mass is 437 g/mol. The summed E-state index contributed by atoms with van der Waals surface area (Å²) in [5.74, 6) is -0.680. The number of amides is 1. The molecule has 2 heterocycles. The van der Waals surface area contributed by atoms with E-state index in [0.717, 1.165) is 12.0 Å². The minimum atomic E-state index is -2.20. The Morgan fingerprint density at radius 2 is 1.65 bits per heavy atom. The van der Waals surface area contributed by atoms with Crippen LogP contribution in [0.2, 0.25) is 18.1 Å². The molecule has 1 unspecified atom stereocenters. The second-order valence-electron chi connectivity index (χ2n) is 10.6. The zero-order chi connectivity index (χ0) is 22.4. The van der Waals surface area contributed by atoms with Gasteiger partial charge in [0.25, 0.3) is 5.91 Å². The molecular formula is C26H35NO3Si. The lowest BCUT2D eigenvalue weighted by Gasteiger charge is -2.44. The van der Waals surface area contributed by atoms with Gasteiger partial charge in [-0.3, -0.25) is 9.69 Å². The highest BCUT2D eigenvalue weighted by Crippen LogP contribution is 2.53. The Morgan fingerprint density at radius 1 is 1.06 bits per heavy atom. The quantitative estimate of drug-likeness (QED) is 0.546. The normalized spacial score (nSPS) is 28.8. The summed E-state index contributed by atoms with van der Waals surface area (Å²) in [6.45, 7) is 13.4. The molecule has 2 aliphatic rings. The lowest BCUT2D eigenvalue weighted by molar-refractivity contribution is -0.234. The van der Waals surface area contributed by atoms with Crippen molar-refractivity contribution in [3.63, 3.8) is 0 Å². The van der Waals surface area contributed by atoms with Gasteiger partial charge >= 0.3 is 0 Å². The molecule has 0 aliphatic carbocycles. The Labute approximate surface area is 187 Å². The predicted octanol–water partition coefficient (Wildman–Crippen LogP) is 5.91. The van der Waals surface area contributed by atoms with Gasteiger partial charge in [0.05, 0.1) is 0 Å². The number of rotatable bonds is 5. The average Bonchev–Trinajstić information content (AvgIpc) is 3.12. The van der Waals surface area contributed by atoms with Crippen LogP contribution in [0.3, 0.4) is 0 Å². The molecule has 2 aliphatic heterocycles. The van der Waals surface area contributed by atoms with Gasteiger partial charge in [0, 0.05) is 12.5 Å². The molecule has 5 heteroatoms. The molecule has 0 bridgehead atoms. The maximum absolute atomic E-state index is 13.8. The molecule has 0 N–H and O–H groups in total. The summed E-state index contributed by atoms with van der Waals surface area (Å²) in [6, 6.07) is 20.3. The van der Waals surface area contributed by atoms with Gasteiger partial charge in [-0.15, -0.1) is 0 Å². The summed E-state index contributed by atoms with van der Waals surface area (Å²) in [5, 5.41) is 0.0193. The van der Waals surface area contributed by atoms with Crippen LogP contribution in [0, 0.1) is 5.92 Å². The van der Waals surface area contributed by atoms with Gasteiger partial charge in [0.2, 0.25) is 5.91 Å². The first-order valence-electron chi connectivity index (χ1n) is 11.3. The largest absolute Gasteiger partial charge is 0.374 e. The van der Waals surface area contributed by atoms with Gasteiger partial charge < -0.3 is 9.16 Å². The Balaban J connectivity index is 1.73. The Kier molecular flexibility index (Phi) is 5.65. The highest BCUT2D eigenvalue weighted by molar-refractivity contribution is 6.74. The molecule has 0 saturated carbocycles. The number of hydrogen-bond acceptors (Lipinski definition) is 3. The fourth-order valence-electron chi connectivity index (χ4n) is 4.60. The number of nitrogens with zero attached hydrogens (tertiary/aromatic N) is 1. The van der Waals surface area contributed by atoms with Crippen molar-refractivity contribution in [2.45, 2.75) is 76.7 Å². The minimum Gasteiger partial charge on any atom is -0.374 e. The van der Waals surface area contributed by atoms with E-state index in [4.69, 9.17) is 9.16 Å². The van der Waals surface area contributed by atoms with Crippen molar-refractivity contribution in [2.75, 3.05) is 0 Å². The van der Waals surface area contributed by atoms with E-state index >= 15 is 0 Å². The Morgan fingerprint density at radius 3 is 2.23 bits per heavy atom. The van der Waals surface area contributed by atoms with Crippen LogP contribution < -0.4 is 0 Å². The summed E-state index contributed by atoms with van der Waals surface area (Å²) >= 11 is 0. The van der Waals surface area contributed by atoms with E-state index in [2.05, 4.69) is 65.1 Å². The van der Waals surface area contributed by atoms with Crippen LogP contribution in [0.25, 0.3) is 0 Å². The van der Waals surface area contributed by atoms with Crippen LogP contribution >= 0.6 is 0 Å². The summed E-state index contributed by atoms with van der Waals surface area (Å²) in [6.07, 6.45) is 0.893. The van der Waals surface area contributed by atoms with Gasteiger partial charge in [-0.2, -0.15) is 0 Å². The van der Waals surface area contributed by atoms with Gasteiger partial charge in [0.1, 0.15) is 0 Å². The number of hydrogen-bond donors (Lipinski definition) is 0. The third-order valence-corrected chi connectivity index (χ3v) is 11.8. The average molecular weight is 438 g/mol. The molecule has 0 radical (unpaired) electrons. The van der Waals surface area contributed by atoms with Gasteiger partial charge in [-0.05, 0) is 41.6 Å². The van der Waals surface area contributed by atoms with E-state index in [1.807, 2.05) is 41.3 Å². The zero-order valence-electron chi connectivity index (χ0n) is 19.6. The Bertz CT molecular complexity index is 925. The van der Waals surface area contributed by atoms with Gasteiger partial charge in [0.15, 0.2) is 14.4 Å². The number of carbonyl (C=O) groups excluding carboxylic acids is 1. The van der Waals surface area contributed by atoms with E-state index in [9.17, 15) is 4.79 Å². The maximum Gasteiger partial charge on any atom is 0.260 e. The van der Waals surface area contributed by atoms with E-state index in [-0.39, 0.29) is 22.9 Å². The molecular weight excluding hydrogens is 402 g/mol. The first-order chi connectivity index (χ1) is 14.5. The molecule has 4 atom stereocenters. The van der Waals surface area contributed by atoms with Crippen molar-refractivity contribution < 1.29 is 14.0 Å². The lowest BCUT2D eigenvalue weighted by Crippen LogP contribution is -2.56. The molecule has 2 fully saturated rings. The highest BCUT2D eigenvalue weighted by Gasteiger charge is 2.64. The smallest absolute Gasteiger partial charge is 0.260 e. The lowest BCUT2D eigenvalue weighted by atomic mass is 9.95. The van der Waals surface area contributed by atoms with Crippen LogP contribution in [0.4, 0.5) is 0 Å².